The minimum absolute atomic E-state index is 0. The highest BCUT2D eigenvalue weighted by Crippen LogP contribution is 2.24. The fourth-order valence-corrected chi connectivity index (χ4v) is 3.08. The molecule has 138 valence electrons. The molecular weight excluding hydrogens is 365 g/mol. The van der Waals surface area contributed by atoms with E-state index in [-0.39, 0.29) is 24.6 Å². The number of para-hydroxylation sites is 1. The summed E-state index contributed by atoms with van der Waals surface area (Å²) in [5.41, 5.74) is 9.90. The van der Waals surface area contributed by atoms with Gasteiger partial charge in [-0.25, -0.2) is 9.07 Å². The lowest BCUT2D eigenvalue weighted by molar-refractivity contribution is 0.573. The van der Waals surface area contributed by atoms with Gasteiger partial charge in [0.2, 0.25) is 0 Å². The van der Waals surface area contributed by atoms with Crippen LogP contribution in [-0.4, -0.2) is 19.7 Å². The maximum atomic E-state index is 14.1. The highest BCUT2D eigenvalue weighted by atomic mass is 35.5. The number of rotatable bonds is 4. The first-order chi connectivity index (χ1) is 12.6. The maximum Gasteiger partial charge on any atom is 0.144 e. The molecule has 0 radical (unpaired) electrons. The Morgan fingerprint density at radius 3 is 2.78 bits per heavy atom. The van der Waals surface area contributed by atoms with Gasteiger partial charge in [0, 0.05) is 23.7 Å². The number of nitrogens with zero attached hydrogens (tertiary/aromatic N) is 4. The van der Waals surface area contributed by atoms with Gasteiger partial charge in [-0.3, -0.25) is 9.97 Å². The van der Waals surface area contributed by atoms with Crippen molar-refractivity contribution in [2.75, 3.05) is 0 Å². The standard InChI is InChI=1S/C20H18FN5.ClH/c1-13-8-9-15(21)17(25-13)11-16(22)20-19(7-4-10-23-20)26-18-6-3-2-5-14(18)12-24-26;/h2-10,12,16H,11,22H2,1H3;1H/t16-;/m0./s1. The normalized spacial score (nSPS) is 12.0. The average molecular weight is 384 g/mol. The van der Waals surface area contributed by atoms with Crippen LogP contribution in [0.3, 0.4) is 0 Å². The smallest absolute Gasteiger partial charge is 0.144 e. The number of aryl methyl sites for hydroxylation is 1. The summed E-state index contributed by atoms with van der Waals surface area (Å²) in [6.07, 6.45) is 3.75. The van der Waals surface area contributed by atoms with Gasteiger partial charge >= 0.3 is 0 Å². The number of halogens is 2. The zero-order valence-electron chi connectivity index (χ0n) is 14.7. The summed E-state index contributed by atoms with van der Waals surface area (Å²) < 4.78 is 15.9. The van der Waals surface area contributed by atoms with Crippen LogP contribution in [0.4, 0.5) is 4.39 Å². The van der Waals surface area contributed by atoms with Crippen molar-refractivity contribution in [3.05, 3.63) is 83.8 Å². The molecule has 0 saturated carbocycles. The number of nitrogens with two attached hydrogens (primary N) is 1. The summed E-state index contributed by atoms with van der Waals surface area (Å²) in [7, 11) is 0. The van der Waals surface area contributed by atoms with Crippen molar-refractivity contribution in [3.8, 4) is 5.69 Å². The van der Waals surface area contributed by atoms with E-state index in [0.29, 0.717) is 11.4 Å². The summed E-state index contributed by atoms with van der Waals surface area (Å²) in [6.45, 7) is 1.83. The summed E-state index contributed by atoms with van der Waals surface area (Å²) in [4.78, 5) is 8.73. The Morgan fingerprint density at radius 1 is 1.11 bits per heavy atom. The van der Waals surface area contributed by atoms with Crippen LogP contribution in [-0.2, 0) is 6.42 Å². The molecule has 0 unspecified atom stereocenters. The van der Waals surface area contributed by atoms with E-state index in [1.165, 1.54) is 6.07 Å². The number of hydrogen-bond donors (Lipinski definition) is 1. The monoisotopic (exact) mass is 383 g/mol. The first-order valence-electron chi connectivity index (χ1n) is 8.39. The Bertz CT molecular complexity index is 1080. The molecule has 27 heavy (non-hydrogen) atoms. The summed E-state index contributed by atoms with van der Waals surface area (Å²) >= 11 is 0. The lowest BCUT2D eigenvalue weighted by Gasteiger charge is -2.16. The van der Waals surface area contributed by atoms with Crippen LogP contribution in [0.1, 0.15) is 23.1 Å². The molecule has 1 aromatic carbocycles. The van der Waals surface area contributed by atoms with E-state index in [0.717, 1.165) is 22.3 Å². The van der Waals surface area contributed by atoms with Gasteiger partial charge in [0.1, 0.15) is 5.82 Å². The van der Waals surface area contributed by atoms with Crippen LogP contribution >= 0.6 is 12.4 Å². The van der Waals surface area contributed by atoms with Crippen molar-refractivity contribution in [2.45, 2.75) is 19.4 Å². The molecule has 4 rings (SSSR count). The van der Waals surface area contributed by atoms with Gasteiger partial charge in [-0.1, -0.05) is 18.2 Å². The lowest BCUT2D eigenvalue weighted by Crippen LogP contribution is -2.19. The molecule has 0 aliphatic carbocycles. The van der Waals surface area contributed by atoms with Crippen LogP contribution in [0, 0.1) is 12.7 Å². The highest BCUT2D eigenvalue weighted by molar-refractivity contribution is 5.85. The third-order valence-electron chi connectivity index (χ3n) is 4.34. The van der Waals surface area contributed by atoms with Crippen LogP contribution in [0.2, 0.25) is 0 Å². The van der Waals surface area contributed by atoms with Gasteiger partial charge in [0.05, 0.1) is 34.8 Å². The van der Waals surface area contributed by atoms with Crippen molar-refractivity contribution in [3.63, 3.8) is 0 Å². The van der Waals surface area contributed by atoms with Crippen LogP contribution in [0.5, 0.6) is 0 Å². The molecule has 0 bridgehead atoms. The minimum Gasteiger partial charge on any atom is -0.322 e. The largest absolute Gasteiger partial charge is 0.322 e. The van der Waals surface area contributed by atoms with Crippen molar-refractivity contribution in [1.82, 2.24) is 19.7 Å². The summed E-state index contributed by atoms with van der Waals surface area (Å²) in [5, 5.41) is 5.51. The van der Waals surface area contributed by atoms with E-state index >= 15 is 0 Å². The maximum absolute atomic E-state index is 14.1. The van der Waals surface area contributed by atoms with Gasteiger partial charge in [-0.2, -0.15) is 5.10 Å². The Kier molecular flexibility index (Phi) is 5.48. The third-order valence-corrected chi connectivity index (χ3v) is 4.34. The van der Waals surface area contributed by atoms with Gasteiger partial charge in [0.15, 0.2) is 0 Å². The van der Waals surface area contributed by atoms with E-state index in [4.69, 9.17) is 5.73 Å². The minimum atomic E-state index is -0.502. The number of pyridine rings is 2. The zero-order chi connectivity index (χ0) is 18.1. The van der Waals surface area contributed by atoms with E-state index in [9.17, 15) is 4.39 Å². The molecule has 0 aliphatic rings. The van der Waals surface area contributed by atoms with E-state index in [1.807, 2.05) is 48.0 Å². The van der Waals surface area contributed by atoms with Gasteiger partial charge in [-0.05, 0) is 37.3 Å². The average Bonchev–Trinajstić information content (AvgIpc) is 3.08. The molecule has 5 nitrogen and oxygen atoms in total. The predicted molar refractivity (Wildman–Crippen MR) is 106 cm³/mol. The van der Waals surface area contributed by atoms with Crippen LogP contribution in [0.25, 0.3) is 16.6 Å². The van der Waals surface area contributed by atoms with Crippen LogP contribution in [0.15, 0.2) is 60.9 Å². The summed E-state index contributed by atoms with van der Waals surface area (Å²) in [6, 6.07) is 14.2. The highest BCUT2D eigenvalue weighted by Gasteiger charge is 2.18. The van der Waals surface area contributed by atoms with Gasteiger partial charge < -0.3 is 5.73 Å². The predicted octanol–water partition coefficient (Wildman–Crippen LogP) is 3.93. The quantitative estimate of drug-likeness (QED) is 0.579. The van der Waals surface area contributed by atoms with Crippen molar-refractivity contribution < 1.29 is 4.39 Å². The van der Waals surface area contributed by atoms with Crippen molar-refractivity contribution >= 4 is 23.3 Å². The first kappa shape index (κ1) is 18.9. The Hall–Kier alpha value is -2.83. The zero-order valence-corrected chi connectivity index (χ0v) is 15.5. The number of benzene rings is 1. The molecule has 0 aliphatic heterocycles. The summed E-state index contributed by atoms with van der Waals surface area (Å²) in [5.74, 6) is -0.354. The van der Waals surface area contributed by atoms with E-state index < -0.39 is 6.04 Å². The van der Waals surface area contributed by atoms with Crippen molar-refractivity contribution in [1.29, 1.82) is 0 Å². The Morgan fingerprint density at radius 2 is 1.93 bits per heavy atom. The molecule has 0 saturated heterocycles. The molecule has 3 heterocycles. The number of aromatic nitrogens is 4. The topological polar surface area (TPSA) is 69.6 Å². The number of hydrogen-bond acceptors (Lipinski definition) is 4. The molecular formula is C20H19ClFN5. The van der Waals surface area contributed by atoms with Crippen molar-refractivity contribution in [2.24, 2.45) is 5.73 Å². The molecule has 2 N–H and O–H groups in total. The molecule has 0 amide bonds. The van der Waals surface area contributed by atoms with E-state index in [2.05, 4.69) is 15.1 Å². The van der Waals surface area contributed by atoms with Gasteiger partial charge in [-0.15, -0.1) is 12.4 Å². The molecule has 4 aromatic rings. The second-order valence-electron chi connectivity index (χ2n) is 6.21. The molecule has 7 heteroatoms. The molecule has 0 spiro atoms. The number of fused-ring (bicyclic) bond motifs is 1. The molecule has 0 fully saturated rings. The SMILES string of the molecule is Cc1ccc(F)c(C[C@H](N)c2ncccc2-n2ncc3ccccc32)n1.Cl. The Labute approximate surface area is 162 Å². The fourth-order valence-electron chi connectivity index (χ4n) is 3.08. The first-order valence-corrected chi connectivity index (χ1v) is 8.39. The Balaban J connectivity index is 0.00000210. The lowest BCUT2D eigenvalue weighted by atomic mass is 10.1. The second-order valence-corrected chi connectivity index (χ2v) is 6.21. The second kappa shape index (κ2) is 7.82. The third kappa shape index (κ3) is 3.67. The van der Waals surface area contributed by atoms with Crippen LogP contribution < -0.4 is 5.73 Å². The van der Waals surface area contributed by atoms with Gasteiger partial charge in [0.25, 0.3) is 0 Å². The molecule has 3 aromatic heterocycles. The fraction of sp³-hybridized carbons (Fsp3) is 0.150. The van der Waals surface area contributed by atoms with E-state index in [1.54, 1.807) is 18.5 Å². The molecule has 1 atom stereocenters.